The van der Waals surface area contributed by atoms with Crippen molar-refractivity contribution in [1.82, 2.24) is 15.6 Å². The van der Waals surface area contributed by atoms with E-state index in [0.29, 0.717) is 5.92 Å². The molecule has 0 aromatic carbocycles. The van der Waals surface area contributed by atoms with Gasteiger partial charge in [0.2, 0.25) is 5.91 Å². The molecule has 0 bridgehead atoms. The van der Waals surface area contributed by atoms with Crippen molar-refractivity contribution in [2.75, 3.05) is 13.1 Å². The Bertz CT molecular complexity index is 380. The number of aromatic nitrogens is 1. The van der Waals surface area contributed by atoms with E-state index in [1.807, 2.05) is 19.1 Å². The van der Waals surface area contributed by atoms with Gasteiger partial charge < -0.3 is 10.6 Å². The van der Waals surface area contributed by atoms with Gasteiger partial charge in [-0.15, -0.1) is 0 Å². The molecule has 0 spiro atoms. The number of nitrogens with zero attached hydrogens (tertiary/aromatic N) is 1. The van der Waals surface area contributed by atoms with Gasteiger partial charge in [0.05, 0.1) is 12.0 Å². The van der Waals surface area contributed by atoms with Gasteiger partial charge in [0.15, 0.2) is 0 Å². The summed E-state index contributed by atoms with van der Waals surface area (Å²) in [5.74, 6) is 0.643. The fourth-order valence-corrected chi connectivity index (χ4v) is 2.20. The van der Waals surface area contributed by atoms with Crippen LogP contribution in [-0.4, -0.2) is 24.0 Å². The second-order valence-corrected chi connectivity index (χ2v) is 4.76. The highest BCUT2D eigenvalue weighted by Crippen LogP contribution is 2.18. The maximum atomic E-state index is 12.1. The molecule has 2 rings (SSSR count). The largest absolute Gasteiger partial charge is 0.349 e. The van der Waals surface area contributed by atoms with Crippen molar-refractivity contribution >= 4 is 5.91 Å². The smallest absolute Gasteiger partial charge is 0.225 e. The zero-order valence-electron chi connectivity index (χ0n) is 10.3. The molecular formula is C13H19N3O. The average Bonchev–Trinajstić information content (AvgIpc) is 2.76. The fourth-order valence-electron chi connectivity index (χ4n) is 2.20. The third-order valence-electron chi connectivity index (χ3n) is 3.40. The lowest BCUT2D eigenvalue weighted by molar-refractivity contribution is -0.126. The van der Waals surface area contributed by atoms with Gasteiger partial charge in [0.25, 0.3) is 0 Å². The Hall–Kier alpha value is -1.42. The molecule has 2 heterocycles. The highest BCUT2D eigenvalue weighted by atomic mass is 16.2. The highest BCUT2D eigenvalue weighted by Gasteiger charge is 2.30. The van der Waals surface area contributed by atoms with Gasteiger partial charge in [-0.2, -0.15) is 0 Å². The van der Waals surface area contributed by atoms with Crippen molar-refractivity contribution in [3.05, 3.63) is 30.1 Å². The topological polar surface area (TPSA) is 54.0 Å². The first kappa shape index (κ1) is 12.0. The number of rotatable bonds is 3. The van der Waals surface area contributed by atoms with E-state index in [4.69, 9.17) is 0 Å². The quantitative estimate of drug-likeness (QED) is 0.822. The number of hydrogen-bond donors (Lipinski definition) is 2. The van der Waals surface area contributed by atoms with Crippen molar-refractivity contribution < 1.29 is 4.79 Å². The summed E-state index contributed by atoms with van der Waals surface area (Å²) < 4.78 is 0. The van der Waals surface area contributed by atoms with Gasteiger partial charge in [-0.3, -0.25) is 9.78 Å². The minimum Gasteiger partial charge on any atom is -0.349 e. The highest BCUT2D eigenvalue weighted by molar-refractivity contribution is 5.80. The summed E-state index contributed by atoms with van der Waals surface area (Å²) in [7, 11) is 0. The molecule has 17 heavy (non-hydrogen) atoms. The standard InChI is InChI=1S/C13H19N3O/c1-9-6-15-8-12(9)13(17)16-10(2)11-4-3-5-14-7-11/h3-5,7,9-10,12,15H,6,8H2,1-2H3,(H,16,17)/t9-,10-,12-/m1/s1. The SMILES string of the molecule is C[C@@H]1CNC[C@H]1C(=O)N[C@H](C)c1cccnc1. The van der Waals surface area contributed by atoms with Crippen LogP contribution < -0.4 is 10.6 Å². The predicted molar refractivity (Wildman–Crippen MR) is 66.3 cm³/mol. The molecule has 1 saturated heterocycles. The normalized spacial score (nSPS) is 25.5. The van der Waals surface area contributed by atoms with E-state index in [1.54, 1.807) is 12.4 Å². The van der Waals surface area contributed by atoms with Crippen LogP contribution in [0.3, 0.4) is 0 Å². The van der Waals surface area contributed by atoms with Crippen LogP contribution in [0.1, 0.15) is 25.5 Å². The molecule has 4 heteroatoms. The first-order chi connectivity index (χ1) is 8.18. The van der Waals surface area contributed by atoms with E-state index in [9.17, 15) is 4.79 Å². The number of amides is 1. The molecule has 1 amide bonds. The van der Waals surface area contributed by atoms with E-state index < -0.39 is 0 Å². The summed E-state index contributed by atoms with van der Waals surface area (Å²) in [6, 6.07) is 3.88. The van der Waals surface area contributed by atoms with Crippen LogP contribution in [0, 0.1) is 11.8 Å². The van der Waals surface area contributed by atoms with Gasteiger partial charge in [-0.25, -0.2) is 0 Å². The summed E-state index contributed by atoms with van der Waals surface area (Å²) in [6.45, 7) is 5.81. The van der Waals surface area contributed by atoms with Crippen molar-refractivity contribution in [2.24, 2.45) is 11.8 Å². The summed E-state index contributed by atoms with van der Waals surface area (Å²) in [5.41, 5.74) is 1.04. The van der Waals surface area contributed by atoms with E-state index in [-0.39, 0.29) is 17.9 Å². The molecule has 92 valence electrons. The molecule has 4 nitrogen and oxygen atoms in total. The zero-order chi connectivity index (χ0) is 12.3. The van der Waals surface area contributed by atoms with Crippen LogP contribution in [0.15, 0.2) is 24.5 Å². The van der Waals surface area contributed by atoms with E-state index >= 15 is 0 Å². The third kappa shape index (κ3) is 2.82. The summed E-state index contributed by atoms with van der Waals surface area (Å²) in [5, 5.41) is 6.29. The van der Waals surface area contributed by atoms with Crippen molar-refractivity contribution in [3.63, 3.8) is 0 Å². The average molecular weight is 233 g/mol. The molecule has 1 aliphatic rings. The Morgan fingerprint density at radius 3 is 3.00 bits per heavy atom. The molecule has 0 aliphatic carbocycles. The van der Waals surface area contributed by atoms with Crippen molar-refractivity contribution in [3.8, 4) is 0 Å². The van der Waals surface area contributed by atoms with Gasteiger partial charge in [-0.05, 0) is 31.0 Å². The number of carbonyl (C=O) groups is 1. The Morgan fingerprint density at radius 2 is 2.41 bits per heavy atom. The molecule has 1 aromatic rings. The summed E-state index contributed by atoms with van der Waals surface area (Å²) >= 11 is 0. The minimum atomic E-state index is 0.0176. The van der Waals surface area contributed by atoms with Crippen LogP contribution in [0.4, 0.5) is 0 Å². The Kier molecular flexibility index (Phi) is 3.74. The Labute approximate surface area is 102 Å². The molecule has 0 unspecified atom stereocenters. The third-order valence-corrected chi connectivity index (χ3v) is 3.40. The first-order valence-electron chi connectivity index (χ1n) is 6.09. The van der Waals surface area contributed by atoms with Crippen molar-refractivity contribution in [1.29, 1.82) is 0 Å². The fraction of sp³-hybridized carbons (Fsp3) is 0.538. The van der Waals surface area contributed by atoms with E-state index in [1.165, 1.54) is 0 Å². The second kappa shape index (κ2) is 5.27. The van der Waals surface area contributed by atoms with Crippen LogP contribution in [0.2, 0.25) is 0 Å². The van der Waals surface area contributed by atoms with Crippen LogP contribution in [0.25, 0.3) is 0 Å². The van der Waals surface area contributed by atoms with Gasteiger partial charge in [-0.1, -0.05) is 13.0 Å². The zero-order valence-corrected chi connectivity index (χ0v) is 10.3. The molecule has 1 aromatic heterocycles. The van der Waals surface area contributed by atoms with Gasteiger partial charge in [0.1, 0.15) is 0 Å². The number of hydrogen-bond acceptors (Lipinski definition) is 3. The van der Waals surface area contributed by atoms with Crippen molar-refractivity contribution in [2.45, 2.75) is 19.9 Å². The molecule has 2 N–H and O–H groups in total. The van der Waals surface area contributed by atoms with Gasteiger partial charge in [0, 0.05) is 18.9 Å². The van der Waals surface area contributed by atoms with Crippen LogP contribution >= 0.6 is 0 Å². The Morgan fingerprint density at radius 1 is 1.59 bits per heavy atom. The van der Waals surface area contributed by atoms with Gasteiger partial charge >= 0.3 is 0 Å². The number of pyridine rings is 1. The maximum absolute atomic E-state index is 12.1. The monoisotopic (exact) mass is 233 g/mol. The lowest BCUT2D eigenvalue weighted by Gasteiger charge is -2.19. The number of nitrogens with one attached hydrogen (secondary N) is 2. The summed E-state index contributed by atoms with van der Waals surface area (Å²) in [6.07, 6.45) is 3.53. The molecule has 0 saturated carbocycles. The second-order valence-electron chi connectivity index (χ2n) is 4.76. The minimum absolute atomic E-state index is 0.0176. The molecule has 1 aliphatic heterocycles. The predicted octanol–water partition coefficient (Wildman–Crippen LogP) is 1.11. The van der Waals surface area contributed by atoms with Crippen LogP contribution in [-0.2, 0) is 4.79 Å². The van der Waals surface area contributed by atoms with Crippen LogP contribution in [0.5, 0.6) is 0 Å². The summed E-state index contributed by atoms with van der Waals surface area (Å²) in [4.78, 5) is 16.1. The van der Waals surface area contributed by atoms with E-state index in [2.05, 4.69) is 22.5 Å². The van der Waals surface area contributed by atoms with E-state index in [0.717, 1.165) is 18.7 Å². The molecule has 1 fully saturated rings. The molecular weight excluding hydrogens is 214 g/mol. The Balaban J connectivity index is 1.95. The molecule has 0 radical (unpaired) electrons. The lowest BCUT2D eigenvalue weighted by Crippen LogP contribution is -2.35. The first-order valence-corrected chi connectivity index (χ1v) is 6.09. The lowest BCUT2D eigenvalue weighted by atomic mass is 9.96. The number of carbonyl (C=O) groups excluding carboxylic acids is 1. The molecule has 3 atom stereocenters. The maximum Gasteiger partial charge on any atom is 0.225 e.